The zero-order valence-electron chi connectivity index (χ0n) is 8.51. The minimum Gasteiger partial charge on any atom is -0.271 e. The van der Waals surface area contributed by atoms with Crippen LogP contribution in [0.5, 0.6) is 0 Å². The van der Waals surface area contributed by atoms with Gasteiger partial charge in [-0.3, -0.25) is 9.36 Å². The summed E-state index contributed by atoms with van der Waals surface area (Å²) in [6.07, 6.45) is 5.73. The molecular formula is C10H14N4. The SMILES string of the molecule is Cc1cnn(CCn2nccc2C)c1. The van der Waals surface area contributed by atoms with E-state index >= 15 is 0 Å². The molecule has 2 heterocycles. The summed E-state index contributed by atoms with van der Waals surface area (Å²) in [6.45, 7) is 5.85. The molecule has 0 aliphatic rings. The number of aromatic nitrogens is 4. The summed E-state index contributed by atoms with van der Waals surface area (Å²) in [5, 5.41) is 8.43. The molecule has 0 atom stereocenters. The molecule has 0 N–H and O–H groups in total. The minimum absolute atomic E-state index is 0.871. The van der Waals surface area contributed by atoms with E-state index in [1.807, 2.05) is 40.9 Å². The molecule has 0 saturated carbocycles. The Bertz CT molecular complexity index is 413. The van der Waals surface area contributed by atoms with E-state index in [2.05, 4.69) is 17.1 Å². The summed E-state index contributed by atoms with van der Waals surface area (Å²) < 4.78 is 3.92. The molecule has 2 aromatic heterocycles. The van der Waals surface area contributed by atoms with Crippen molar-refractivity contribution in [1.29, 1.82) is 0 Å². The molecule has 0 fully saturated rings. The van der Waals surface area contributed by atoms with Gasteiger partial charge in [0.15, 0.2) is 0 Å². The molecule has 0 aliphatic heterocycles. The van der Waals surface area contributed by atoms with Gasteiger partial charge in [0.05, 0.1) is 19.3 Å². The molecule has 14 heavy (non-hydrogen) atoms. The third kappa shape index (κ3) is 1.84. The average Bonchev–Trinajstić information content (AvgIpc) is 2.72. The summed E-state index contributed by atoms with van der Waals surface area (Å²) >= 11 is 0. The molecule has 0 spiro atoms. The van der Waals surface area contributed by atoms with Crippen LogP contribution < -0.4 is 0 Å². The molecular weight excluding hydrogens is 176 g/mol. The van der Waals surface area contributed by atoms with Crippen molar-refractivity contribution >= 4 is 0 Å². The summed E-state index contributed by atoms with van der Waals surface area (Å²) in [7, 11) is 0. The molecule has 0 aliphatic carbocycles. The van der Waals surface area contributed by atoms with Crippen molar-refractivity contribution in [2.75, 3.05) is 0 Å². The van der Waals surface area contributed by atoms with Crippen LogP contribution in [0.2, 0.25) is 0 Å². The second-order valence-electron chi connectivity index (χ2n) is 3.48. The van der Waals surface area contributed by atoms with Crippen molar-refractivity contribution in [2.24, 2.45) is 0 Å². The van der Waals surface area contributed by atoms with Crippen LogP contribution in [0.3, 0.4) is 0 Å². The van der Waals surface area contributed by atoms with Gasteiger partial charge in [0.2, 0.25) is 0 Å². The smallest absolute Gasteiger partial charge is 0.0608 e. The monoisotopic (exact) mass is 190 g/mol. The van der Waals surface area contributed by atoms with Crippen LogP contribution in [0.4, 0.5) is 0 Å². The number of nitrogens with zero attached hydrogens (tertiary/aromatic N) is 4. The van der Waals surface area contributed by atoms with E-state index in [0.29, 0.717) is 0 Å². The lowest BCUT2D eigenvalue weighted by Gasteiger charge is -2.03. The molecule has 0 saturated heterocycles. The Balaban J connectivity index is 1.98. The van der Waals surface area contributed by atoms with Crippen LogP contribution in [0.15, 0.2) is 24.7 Å². The fraction of sp³-hybridized carbons (Fsp3) is 0.400. The summed E-state index contributed by atoms with van der Waals surface area (Å²) in [6, 6.07) is 2.01. The van der Waals surface area contributed by atoms with E-state index in [9.17, 15) is 0 Å². The molecule has 2 aromatic rings. The second-order valence-corrected chi connectivity index (χ2v) is 3.48. The Hall–Kier alpha value is -1.58. The first kappa shape index (κ1) is 8.99. The van der Waals surface area contributed by atoms with E-state index in [1.165, 1.54) is 11.3 Å². The Morgan fingerprint density at radius 3 is 2.64 bits per heavy atom. The highest BCUT2D eigenvalue weighted by molar-refractivity contribution is 4.99. The fourth-order valence-electron chi connectivity index (χ4n) is 1.42. The van der Waals surface area contributed by atoms with Crippen molar-refractivity contribution in [1.82, 2.24) is 19.6 Å². The van der Waals surface area contributed by atoms with E-state index in [4.69, 9.17) is 0 Å². The standard InChI is InChI=1S/C10H14N4/c1-9-7-12-13(8-9)5-6-14-10(2)3-4-11-14/h3-4,7-8H,5-6H2,1-2H3. The first-order chi connectivity index (χ1) is 6.75. The van der Waals surface area contributed by atoms with Gasteiger partial charge in [0.1, 0.15) is 0 Å². The van der Waals surface area contributed by atoms with Gasteiger partial charge in [0.25, 0.3) is 0 Å². The maximum absolute atomic E-state index is 4.22. The van der Waals surface area contributed by atoms with Gasteiger partial charge in [-0.25, -0.2) is 0 Å². The third-order valence-corrected chi connectivity index (χ3v) is 2.23. The molecule has 0 amide bonds. The molecule has 2 rings (SSSR count). The van der Waals surface area contributed by atoms with Crippen molar-refractivity contribution < 1.29 is 0 Å². The predicted octanol–water partition coefficient (Wildman–Crippen LogP) is 1.40. The molecule has 74 valence electrons. The van der Waals surface area contributed by atoms with Crippen LogP contribution in [0, 0.1) is 13.8 Å². The average molecular weight is 190 g/mol. The molecule has 0 radical (unpaired) electrons. The maximum atomic E-state index is 4.22. The lowest BCUT2D eigenvalue weighted by atomic mass is 10.4. The zero-order chi connectivity index (χ0) is 9.97. The predicted molar refractivity (Wildman–Crippen MR) is 53.9 cm³/mol. The van der Waals surface area contributed by atoms with Crippen molar-refractivity contribution in [3.05, 3.63) is 35.9 Å². The Labute approximate surface area is 83.2 Å². The van der Waals surface area contributed by atoms with Crippen LogP contribution in [0.1, 0.15) is 11.3 Å². The molecule has 4 heteroatoms. The topological polar surface area (TPSA) is 35.6 Å². The van der Waals surface area contributed by atoms with Crippen LogP contribution in [-0.4, -0.2) is 19.6 Å². The van der Waals surface area contributed by atoms with Crippen LogP contribution in [-0.2, 0) is 13.1 Å². The zero-order valence-corrected chi connectivity index (χ0v) is 8.51. The van der Waals surface area contributed by atoms with Gasteiger partial charge in [-0.05, 0) is 25.5 Å². The lowest BCUT2D eigenvalue weighted by molar-refractivity contribution is 0.492. The maximum Gasteiger partial charge on any atom is 0.0608 e. The van der Waals surface area contributed by atoms with Gasteiger partial charge in [-0.2, -0.15) is 10.2 Å². The Morgan fingerprint density at radius 2 is 2.07 bits per heavy atom. The highest BCUT2D eigenvalue weighted by Gasteiger charge is 1.98. The van der Waals surface area contributed by atoms with Gasteiger partial charge >= 0.3 is 0 Å². The van der Waals surface area contributed by atoms with E-state index < -0.39 is 0 Å². The van der Waals surface area contributed by atoms with Crippen LogP contribution in [0.25, 0.3) is 0 Å². The normalized spacial score (nSPS) is 10.7. The minimum atomic E-state index is 0.871. The van der Waals surface area contributed by atoms with Gasteiger partial charge < -0.3 is 0 Å². The number of rotatable bonds is 3. The molecule has 4 nitrogen and oxygen atoms in total. The Kier molecular flexibility index (Phi) is 2.35. The quantitative estimate of drug-likeness (QED) is 0.733. The number of hydrogen-bond acceptors (Lipinski definition) is 2. The van der Waals surface area contributed by atoms with E-state index in [0.717, 1.165) is 13.1 Å². The number of aryl methyl sites for hydroxylation is 4. The Morgan fingerprint density at radius 1 is 1.21 bits per heavy atom. The highest BCUT2D eigenvalue weighted by atomic mass is 15.3. The van der Waals surface area contributed by atoms with Crippen molar-refractivity contribution in [3.8, 4) is 0 Å². The van der Waals surface area contributed by atoms with Gasteiger partial charge in [0, 0.05) is 18.1 Å². The lowest BCUT2D eigenvalue weighted by Crippen LogP contribution is -2.09. The van der Waals surface area contributed by atoms with E-state index in [-0.39, 0.29) is 0 Å². The highest BCUT2D eigenvalue weighted by Crippen LogP contribution is 1.98. The summed E-state index contributed by atoms with van der Waals surface area (Å²) in [5.41, 5.74) is 2.39. The first-order valence-electron chi connectivity index (χ1n) is 4.73. The van der Waals surface area contributed by atoms with Crippen molar-refractivity contribution in [3.63, 3.8) is 0 Å². The third-order valence-electron chi connectivity index (χ3n) is 2.23. The summed E-state index contributed by atoms with van der Waals surface area (Å²) in [5.74, 6) is 0. The number of hydrogen-bond donors (Lipinski definition) is 0. The van der Waals surface area contributed by atoms with E-state index in [1.54, 1.807) is 0 Å². The van der Waals surface area contributed by atoms with Crippen molar-refractivity contribution in [2.45, 2.75) is 26.9 Å². The van der Waals surface area contributed by atoms with Crippen LogP contribution >= 0.6 is 0 Å². The molecule has 0 aromatic carbocycles. The summed E-state index contributed by atoms with van der Waals surface area (Å²) in [4.78, 5) is 0. The first-order valence-corrected chi connectivity index (χ1v) is 4.73. The largest absolute Gasteiger partial charge is 0.271 e. The fourth-order valence-corrected chi connectivity index (χ4v) is 1.42. The molecule has 0 unspecified atom stereocenters. The van der Waals surface area contributed by atoms with Gasteiger partial charge in [-0.1, -0.05) is 0 Å². The van der Waals surface area contributed by atoms with Gasteiger partial charge in [-0.15, -0.1) is 0 Å². The molecule has 0 bridgehead atoms. The second kappa shape index (κ2) is 3.65.